The molecule has 0 aromatic carbocycles. The van der Waals surface area contributed by atoms with Gasteiger partial charge in [0.25, 0.3) is 0 Å². The summed E-state index contributed by atoms with van der Waals surface area (Å²) in [5.74, 6) is 2.98. The molecule has 0 amide bonds. The fourth-order valence-electron chi connectivity index (χ4n) is 0.733. The summed E-state index contributed by atoms with van der Waals surface area (Å²) < 4.78 is 6.56. The largest absolute Gasteiger partial charge is 0.396 e. The maximum atomic E-state index is 9.60. The lowest BCUT2D eigenvalue weighted by Gasteiger charge is -2.13. The summed E-state index contributed by atoms with van der Waals surface area (Å²) in [4.78, 5) is 0. The summed E-state index contributed by atoms with van der Waals surface area (Å²) in [6, 6.07) is 0. The van der Waals surface area contributed by atoms with Crippen molar-refractivity contribution in [1.29, 1.82) is 1.43 Å². The molecule has 0 unspecified atom stereocenters. The zero-order valence-electron chi connectivity index (χ0n) is 9.92. The van der Waals surface area contributed by atoms with Gasteiger partial charge in [-0.25, -0.2) is 0 Å². The number of hydrogen-bond acceptors (Lipinski definition) is 2. The Kier molecular flexibility index (Phi) is 4.50. The number of aliphatic hydroxyl groups excluding tert-OH is 2. The van der Waals surface area contributed by atoms with Gasteiger partial charge in [0.1, 0.15) is 8.07 Å². The van der Waals surface area contributed by atoms with Crippen LogP contribution in [0.5, 0.6) is 0 Å². The molecule has 0 heterocycles. The zero-order chi connectivity index (χ0) is 11.2. The van der Waals surface area contributed by atoms with Crippen molar-refractivity contribution in [3.8, 4) is 11.5 Å². The van der Waals surface area contributed by atoms with Crippen molar-refractivity contribution in [1.82, 2.24) is 0 Å². The highest BCUT2D eigenvalue weighted by Gasteiger charge is 2.12. The summed E-state index contributed by atoms with van der Waals surface area (Å²) in [6.45, 7) is 8.62. The normalized spacial score (nSPS) is 16.8. The van der Waals surface area contributed by atoms with Crippen LogP contribution in [0.3, 0.4) is 0 Å². The van der Waals surface area contributed by atoms with Crippen LogP contribution in [0, 0.1) is 17.4 Å². The molecule has 2 nitrogen and oxygen atoms in total. The molecule has 0 fully saturated rings. The molecule has 0 spiro atoms. The second kappa shape index (κ2) is 5.43. The van der Waals surface area contributed by atoms with Crippen molar-refractivity contribution >= 4 is 8.07 Å². The van der Waals surface area contributed by atoms with Crippen LogP contribution < -0.4 is 0 Å². The van der Waals surface area contributed by atoms with E-state index in [1.165, 1.54) is 0 Å². The minimum absolute atomic E-state index is 0.0246. The van der Waals surface area contributed by atoms with E-state index < -0.39 is 14.2 Å². The van der Waals surface area contributed by atoms with Crippen molar-refractivity contribution < 1.29 is 10.2 Å². The van der Waals surface area contributed by atoms with E-state index in [1.54, 1.807) is 0 Å². The van der Waals surface area contributed by atoms with E-state index in [-0.39, 0.29) is 12.5 Å². The van der Waals surface area contributed by atoms with Gasteiger partial charge in [-0.3, -0.25) is 0 Å². The zero-order valence-corrected chi connectivity index (χ0v) is 9.92. The first kappa shape index (κ1) is 10.8. The molecular weight excluding hydrogens is 180 g/mol. The van der Waals surface area contributed by atoms with Crippen molar-refractivity contribution in [2.24, 2.45) is 5.92 Å². The Hall–Kier alpha value is -0.303. The van der Waals surface area contributed by atoms with E-state index in [2.05, 4.69) is 36.2 Å². The van der Waals surface area contributed by atoms with Crippen molar-refractivity contribution in [3.05, 3.63) is 0 Å². The van der Waals surface area contributed by atoms with Crippen molar-refractivity contribution in [2.75, 3.05) is 6.61 Å². The number of rotatable bonds is 4. The Balaban J connectivity index is 3.93. The lowest BCUT2D eigenvalue weighted by atomic mass is 10.0. The number of hydrogen-bond donors (Lipinski definition) is 2. The van der Waals surface area contributed by atoms with Crippen LogP contribution in [0.1, 0.15) is 13.3 Å². The fourth-order valence-corrected chi connectivity index (χ4v) is 1.37. The molecule has 0 aromatic rings. The van der Waals surface area contributed by atoms with Crippen LogP contribution in [0.2, 0.25) is 19.6 Å². The first-order valence-electron chi connectivity index (χ1n) is 5.04. The van der Waals surface area contributed by atoms with Gasteiger partial charge in [-0.2, -0.15) is 0 Å². The molecule has 0 bridgehead atoms. The predicted molar refractivity (Wildman–Crippen MR) is 58.0 cm³/mol. The van der Waals surface area contributed by atoms with Crippen molar-refractivity contribution in [2.45, 2.75) is 39.1 Å². The fraction of sp³-hybridized carbons (Fsp3) is 0.800. The van der Waals surface area contributed by atoms with Gasteiger partial charge in [0, 0.05) is 18.9 Å². The summed E-state index contributed by atoms with van der Waals surface area (Å²) in [6.07, 6.45) is -0.00127. The first-order chi connectivity index (χ1) is 6.37. The molecule has 2 N–H and O–H groups in total. The SMILES string of the molecule is [3H]OC[C@H](C)[C@@H](O)CC#C[Si](C)(C)C. The molecule has 0 aliphatic carbocycles. The van der Waals surface area contributed by atoms with Gasteiger partial charge < -0.3 is 10.2 Å². The van der Waals surface area contributed by atoms with Gasteiger partial charge in [0.05, 0.1) is 6.10 Å². The topological polar surface area (TPSA) is 40.5 Å². The van der Waals surface area contributed by atoms with E-state index in [1.807, 2.05) is 6.92 Å². The highest BCUT2D eigenvalue weighted by molar-refractivity contribution is 6.83. The Morgan fingerprint density at radius 2 is 2.08 bits per heavy atom. The van der Waals surface area contributed by atoms with Crippen molar-refractivity contribution in [3.63, 3.8) is 0 Å². The smallest absolute Gasteiger partial charge is 0.210 e. The van der Waals surface area contributed by atoms with Crippen LogP contribution in [-0.4, -0.2) is 32.4 Å². The molecule has 2 atom stereocenters. The van der Waals surface area contributed by atoms with Crippen LogP contribution in [0.4, 0.5) is 0 Å². The van der Waals surface area contributed by atoms with Gasteiger partial charge in [-0.05, 0) is 0 Å². The predicted octanol–water partition coefficient (Wildman–Crippen LogP) is 1.25. The molecule has 0 saturated heterocycles. The van der Waals surface area contributed by atoms with Crippen LogP contribution in [0.25, 0.3) is 0 Å². The summed E-state index contributed by atoms with van der Waals surface area (Å²) >= 11 is 0. The maximum Gasteiger partial charge on any atom is 0.210 e. The quantitative estimate of drug-likeness (QED) is 0.532. The second-order valence-electron chi connectivity index (χ2n) is 4.47. The van der Waals surface area contributed by atoms with Gasteiger partial charge in [0.15, 0.2) is 0 Å². The third-order valence-electron chi connectivity index (χ3n) is 1.69. The summed E-state index contributed by atoms with van der Waals surface area (Å²) in [5, 5.41) is 13.8. The third-order valence-corrected chi connectivity index (χ3v) is 2.62. The Morgan fingerprint density at radius 3 is 2.54 bits per heavy atom. The molecule has 0 aliphatic heterocycles. The Morgan fingerprint density at radius 1 is 1.46 bits per heavy atom. The van der Waals surface area contributed by atoms with Gasteiger partial charge in [0.2, 0.25) is 1.43 Å². The molecule has 0 aliphatic rings. The third kappa shape index (κ3) is 6.82. The lowest BCUT2D eigenvalue weighted by molar-refractivity contribution is 0.0811. The van der Waals surface area contributed by atoms with E-state index in [0.29, 0.717) is 6.42 Å². The van der Waals surface area contributed by atoms with Crippen LogP contribution in [0.15, 0.2) is 0 Å². The average molecular weight is 202 g/mol. The molecule has 0 aromatic heterocycles. The Labute approximate surface area is 83.5 Å². The van der Waals surface area contributed by atoms with Gasteiger partial charge in [-0.1, -0.05) is 26.6 Å². The molecular formula is C10H20O2Si. The highest BCUT2D eigenvalue weighted by Crippen LogP contribution is 2.05. The highest BCUT2D eigenvalue weighted by atomic mass is 28.3. The Bertz CT molecular complexity index is 214. The molecule has 0 saturated carbocycles. The molecule has 3 heteroatoms. The van der Waals surface area contributed by atoms with Gasteiger partial charge in [-0.15, -0.1) is 11.5 Å². The standard InChI is InChI=1S/C10H20O2Si/c1-9(8-11)10(12)6-5-7-13(2,3)4/h9-12H,6,8H2,1-4H3/t9-,10-/m0/s1/i11T. The van der Waals surface area contributed by atoms with Crippen LogP contribution >= 0.6 is 0 Å². The first-order valence-corrected chi connectivity index (χ1v) is 8.13. The summed E-state index contributed by atoms with van der Waals surface area (Å²) in [5.41, 5.74) is 3.19. The lowest BCUT2D eigenvalue weighted by Crippen LogP contribution is -2.21. The summed E-state index contributed by atoms with van der Waals surface area (Å²) in [7, 11) is -1.32. The maximum absolute atomic E-state index is 9.60. The van der Waals surface area contributed by atoms with Crippen LogP contribution in [-0.2, 0) is 0 Å². The second-order valence-corrected chi connectivity index (χ2v) is 9.22. The molecule has 0 radical (unpaired) electrons. The minimum atomic E-state index is -1.32. The monoisotopic (exact) mass is 202 g/mol. The molecule has 0 rings (SSSR count). The molecule has 76 valence electrons. The minimum Gasteiger partial charge on any atom is -0.396 e. The number of aliphatic hydroxyl groups is 2. The van der Waals surface area contributed by atoms with E-state index in [0.717, 1.165) is 0 Å². The van der Waals surface area contributed by atoms with Gasteiger partial charge >= 0.3 is 0 Å². The van der Waals surface area contributed by atoms with E-state index >= 15 is 0 Å². The van der Waals surface area contributed by atoms with E-state index in [9.17, 15) is 5.11 Å². The molecule has 13 heavy (non-hydrogen) atoms. The van der Waals surface area contributed by atoms with E-state index in [4.69, 9.17) is 1.43 Å². The average Bonchev–Trinajstić information content (AvgIpc) is 2.02.